The van der Waals surface area contributed by atoms with Gasteiger partial charge in [-0.1, -0.05) is 49.4 Å². The van der Waals surface area contributed by atoms with Crippen molar-refractivity contribution in [2.45, 2.75) is 24.7 Å². The van der Waals surface area contributed by atoms with Gasteiger partial charge in [-0.15, -0.1) is 0 Å². The van der Waals surface area contributed by atoms with Crippen molar-refractivity contribution in [2.75, 3.05) is 0 Å². The molecule has 3 rings (SSSR count). The molecule has 0 spiro atoms. The van der Waals surface area contributed by atoms with Crippen LogP contribution in [0.15, 0.2) is 54.6 Å². The molecule has 0 aromatic heterocycles. The molecule has 0 saturated heterocycles. The first-order valence-electron chi connectivity index (χ1n) is 6.04. The lowest BCUT2D eigenvalue weighted by molar-refractivity contribution is 0.475. The molecular formula is C16H16O. The minimum absolute atomic E-state index is 0.276. The molecule has 2 aromatic rings. The normalized spacial score (nSPS) is 26.8. The first-order chi connectivity index (χ1) is 8.20. The van der Waals surface area contributed by atoms with E-state index in [1.807, 2.05) is 12.1 Å². The first kappa shape index (κ1) is 10.4. The van der Waals surface area contributed by atoms with Crippen LogP contribution in [0.2, 0.25) is 0 Å². The number of benzene rings is 2. The van der Waals surface area contributed by atoms with Gasteiger partial charge in [-0.25, -0.2) is 0 Å². The van der Waals surface area contributed by atoms with Gasteiger partial charge in [-0.2, -0.15) is 0 Å². The maximum Gasteiger partial charge on any atom is 0.115 e. The fourth-order valence-electron chi connectivity index (χ4n) is 2.70. The highest BCUT2D eigenvalue weighted by Gasteiger charge is 2.51. The molecule has 17 heavy (non-hydrogen) atoms. The van der Waals surface area contributed by atoms with Crippen LogP contribution in [-0.2, 0) is 5.41 Å². The van der Waals surface area contributed by atoms with E-state index in [1.54, 1.807) is 12.1 Å². The summed E-state index contributed by atoms with van der Waals surface area (Å²) >= 11 is 0. The lowest BCUT2D eigenvalue weighted by Crippen LogP contribution is -2.03. The molecule has 1 saturated carbocycles. The van der Waals surface area contributed by atoms with Crippen LogP contribution in [0, 0.1) is 0 Å². The largest absolute Gasteiger partial charge is 0.508 e. The van der Waals surface area contributed by atoms with E-state index >= 15 is 0 Å². The molecular weight excluding hydrogens is 208 g/mol. The number of phenolic OH excluding ortho intramolecular Hbond substituents is 1. The molecule has 1 aliphatic carbocycles. The Morgan fingerprint density at radius 2 is 1.65 bits per heavy atom. The van der Waals surface area contributed by atoms with Gasteiger partial charge in [0.05, 0.1) is 0 Å². The van der Waals surface area contributed by atoms with Gasteiger partial charge in [0.1, 0.15) is 5.75 Å². The van der Waals surface area contributed by atoms with Gasteiger partial charge in [0.25, 0.3) is 0 Å². The lowest BCUT2D eigenvalue weighted by Gasteiger charge is -2.11. The highest BCUT2D eigenvalue weighted by molar-refractivity contribution is 5.43. The minimum atomic E-state index is 0.276. The predicted molar refractivity (Wildman–Crippen MR) is 69.3 cm³/mol. The Kier molecular flexibility index (Phi) is 2.22. The van der Waals surface area contributed by atoms with Crippen molar-refractivity contribution in [1.82, 2.24) is 0 Å². The molecule has 2 unspecified atom stereocenters. The second kappa shape index (κ2) is 3.63. The molecule has 0 heterocycles. The zero-order valence-corrected chi connectivity index (χ0v) is 9.93. The summed E-state index contributed by atoms with van der Waals surface area (Å²) in [7, 11) is 0. The Morgan fingerprint density at radius 3 is 2.29 bits per heavy atom. The average molecular weight is 224 g/mol. The Balaban J connectivity index is 1.88. The molecule has 1 fully saturated rings. The topological polar surface area (TPSA) is 20.2 Å². The van der Waals surface area contributed by atoms with Crippen molar-refractivity contribution in [2.24, 2.45) is 0 Å². The Hall–Kier alpha value is -1.76. The number of hydrogen-bond acceptors (Lipinski definition) is 1. The fraction of sp³-hybridized carbons (Fsp3) is 0.250. The minimum Gasteiger partial charge on any atom is -0.508 e. The van der Waals surface area contributed by atoms with E-state index in [2.05, 4.69) is 37.3 Å². The lowest BCUT2D eigenvalue weighted by atomic mass is 9.93. The summed E-state index contributed by atoms with van der Waals surface area (Å²) in [5, 5.41) is 9.31. The van der Waals surface area contributed by atoms with Crippen LogP contribution in [0.25, 0.3) is 0 Å². The third-order valence-corrected chi connectivity index (χ3v) is 3.97. The van der Waals surface area contributed by atoms with Gasteiger partial charge in [0.2, 0.25) is 0 Å². The van der Waals surface area contributed by atoms with Crippen LogP contribution in [-0.4, -0.2) is 5.11 Å². The number of hydrogen-bond donors (Lipinski definition) is 1. The van der Waals surface area contributed by atoms with Crippen molar-refractivity contribution in [3.05, 3.63) is 65.7 Å². The second-order valence-electron chi connectivity index (χ2n) is 5.13. The van der Waals surface area contributed by atoms with Gasteiger partial charge >= 0.3 is 0 Å². The van der Waals surface area contributed by atoms with Crippen LogP contribution in [0.1, 0.15) is 30.4 Å². The molecule has 1 heteroatoms. The molecule has 86 valence electrons. The Labute approximate surface area is 102 Å². The first-order valence-corrected chi connectivity index (χ1v) is 6.04. The monoisotopic (exact) mass is 224 g/mol. The van der Waals surface area contributed by atoms with E-state index in [0.717, 1.165) is 0 Å². The molecule has 1 aliphatic rings. The molecule has 0 radical (unpaired) electrons. The van der Waals surface area contributed by atoms with Gasteiger partial charge in [0.15, 0.2) is 0 Å². The summed E-state index contributed by atoms with van der Waals surface area (Å²) in [5.41, 5.74) is 3.02. The van der Waals surface area contributed by atoms with Crippen molar-refractivity contribution in [3.63, 3.8) is 0 Å². The quantitative estimate of drug-likeness (QED) is 0.821. The van der Waals surface area contributed by atoms with E-state index in [0.29, 0.717) is 11.7 Å². The predicted octanol–water partition coefficient (Wildman–Crippen LogP) is 3.84. The van der Waals surface area contributed by atoms with Gasteiger partial charge in [-0.05, 0) is 41.0 Å². The van der Waals surface area contributed by atoms with E-state index in [4.69, 9.17) is 0 Å². The molecule has 0 amide bonds. The van der Waals surface area contributed by atoms with Crippen LogP contribution >= 0.6 is 0 Å². The van der Waals surface area contributed by atoms with Crippen molar-refractivity contribution in [3.8, 4) is 5.75 Å². The summed E-state index contributed by atoms with van der Waals surface area (Å²) in [4.78, 5) is 0. The number of aromatic hydroxyl groups is 1. The van der Waals surface area contributed by atoms with Gasteiger partial charge in [-0.3, -0.25) is 0 Å². The summed E-state index contributed by atoms with van der Waals surface area (Å²) in [5.74, 6) is 0.932. The zero-order valence-electron chi connectivity index (χ0n) is 9.93. The zero-order chi connectivity index (χ0) is 11.9. The molecule has 0 bridgehead atoms. The van der Waals surface area contributed by atoms with Crippen molar-refractivity contribution >= 4 is 0 Å². The third kappa shape index (κ3) is 1.72. The van der Waals surface area contributed by atoms with Crippen LogP contribution < -0.4 is 0 Å². The molecule has 2 aromatic carbocycles. The smallest absolute Gasteiger partial charge is 0.115 e. The Bertz CT molecular complexity index is 515. The average Bonchev–Trinajstić information content (AvgIpc) is 3.05. The molecule has 1 N–H and O–H groups in total. The highest BCUT2D eigenvalue weighted by atomic mass is 16.3. The van der Waals surface area contributed by atoms with Crippen molar-refractivity contribution < 1.29 is 5.11 Å². The standard InChI is InChI=1S/C16H16O/c1-16(13-5-3-2-4-6-13)11-15(16)12-7-9-14(17)10-8-12/h2-10,15,17H,11H2,1H3. The SMILES string of the molecule is CC1(c2ccccc2)CC1c1ccc(O)cc1. The number of phenols is 1. The maximum absolute atomic E-state index is 9.31. The third-order valence-electron chi connectivity index (χ3n) is 3.97. The highest BCUT2D eigenvalue weighted by Crippen LogP contribution is 2.60. The van der Waals surface area contributed by atoms with Crippen LogP contribution in [0.5, 0.6) is 5.75 Å². The van der Waals surface area contributed by atoms with Gasteiger partial charge in [0, 0.05) is 0 Å². The van der Waals surface area contributed by atoms with Crippen LogP contribution in [0.4, 0.5) is 0 Å². The van der Waals surface area contributed by atoms with E-state index in [1.165, 1.54) is 17.5 Å². The molecule has 0 aliphatic heterocycles. The van der Waals surface area contributed by atoms with Crippen molar-refractivity contribution in [1.29, 1.82) is 0 Å². The maximum atomic E-state index is 9.31. The van der Waals surface area contributed by atoms with Gasteiger partial charge < -0.3 is 5.11 Å². The number of rotatable bonds is 2. The molecule has 2 atom stereocenters. The molecule has 1 nitrogen and oxygen atoms in total. The summed E-state index contributed by atoms with van der Waals surface area (Å²) in [6.07, 6.45) is 1.20. The summed E-state index contributed by atoms with van der Waals surface area (Å²) < 4.78 is 0. The van der Waals surface area contributed by atoms with E-state index < -0.39 is 0 Å². The van der Waals surface area contributed by atoms with E-state index in [-0.39, 0.29) is 5.41 Å². The summed E-state index contributed by atoms with van der Waals surface area (Å²) in [6, 6.07) is 18.3. The van der Waals surface area contributed by atoms with Crippen LogP contribution in [0.3, 0.4) is 0 Å². The fourth-order valence-corrected chi connectivity index (χ4v) is 2.70. The summed E-state index contributed by atoms with van der Waals surface area (Å²) in [6.45, 7) is 2.32. The Morgan fingerprint density at radius 1 is 1.00 bits per heavy atom. The second-order valence-corrected chi connectivity index (χ2v) is 5.13. The van der Waals surface area contributed by atoms with E-state index in [9.17, 15) is 5.11 Å².